The predicted octanol–water partition coefficient (Wildman–Crippen LogP) is 5.44. The largest absolute Gasteiger partial charge is 0.306 e. The number of benzene rings is 2. The van der Waals surface area contributed by atoms with Crippen LogP contribution in [0.5, 0.6) is 0 Å². The molecule has 2 aromatic carbocycles. The molecule has 0 aromatic heterocycles. The molecule has 0 spiro atoms. The maximum Gasteiger partial charge on any atom is 0.123 e. The Morgan fingerprint density at radius 2 is 1.95 bits per heavy atom. The molecule has 0 fully saturated rings. The van der Waals surface area contributed by atoms with Gasteiger partial charge in [-0.05, 0) is 48.4 Å². The summed E-state index contributed by atoms with van der Waals surface area (Å²) < 4.78 is 15.5. The maximum atomic E-state index is 13.5. The van der Waals surface area contributed by atoms with E-state index in [0.717, 1.165) is 33.0 Å². The molecule has 1 atom stereocenters. The molecule has 0 aliphatic rings. The molecule has 0 saturated carbocycles. The van der Waals surface area contributed by atoms with Crippen LogP contribution in [-0.4, -0.2) is 6.54 Å². The Morgan fingerprint density at radius 3 is 2.60 bits per heavy atom. The second-order valence-electron chi connectivity index (χ2n) is 4.61. The fraction of sp³-hybridized carbons (Fsp3) is 0.250. The fourth-order valence-corrected chi connectivity index (χ4v) is 3.39. The highest BCUT2D eigenvalue weighted by atomic mass is 79.9. The molecule has 2 rings (SSSR count). The SMILES string of the molecule is CCCNC(c1cccc(F)c1)c1ccc(Br)cc1Br. The van der Waals surface area contributed by atoms with Crippen molar-refractivity contribution in [2.75, 3.05) is 6.54 Å². The van der Waals surface area contributed by atoms with Crippen molar-refractivity contribution in [1.29, 1.82) is 0 Å². The zero-order valence-corrected chi connectivity index (χ0v) is 14.3. The summed E-state index contributed by atoms with van der Waals surface area (Å²) in [6.07, 6.45) is 1.03. The Labute approximate surface area is 135 Å². The zero-order chi connectivity index (χ0) is 14.5. The van der Waals surface area contributed by atoms with E-state index in [2.05, 4.69) is 44.1 Å². The number of nitrogens with one attached hydrogen (secondary N) is 1. The van der Waals surface area contributed by atoms with Gasteiger partial charge in [-0.2, -0.15) is 0 Å². The highest BCUT2D eigenvalue weighted by Crippen LogP contribution is 2.31. The van der Waals surface area contributed by atoms with E-state index in [-0.39, 0.29) is 11.9 Å². The van der Waals surface area contributed by atoms with E-state index in [9.17, 15) is 4.39 Å². The molecule has 20 heavy (non-hydrogen) atoms. The minimum absolute atomic E-state index is 0.0203. The molecule has 0 saturated heterocycles. The summed E-state index contributed by atoms with van der Waals surface area (Å²) in [5, 5.41) is 3.48. The van der Waals surface area contributed by atoms with Gasteiger partial charge in [0, 0.05) is 8.95 Å². The Hall–Kier alpha value is -0.710. The molecule has 4 heteroatoms. The van der Waals surface area contributed by atoms with Gasteiger partial charge in [-0.25, -0.2) is 4.39 Å². The normalized spacial score (nSPS) is 12.4. The van der Waals surface area contributed by atoms with Gasteiger partial charge in [0.05, 0.1) is 6.04 Å². The summed E-state index contributed by atoms with van der Waals surface area (Å²) in [4.78, 5) is 0. The van der Waals surface area contributed by atoms with E-state index in [1.165, 1.54) is 6.07 Å². The third kappa shape index (κ3) is 3.90. The van der Waals surface area contributed by atoms with E-state index in [0.29, 0.717) is 0 Å². The molecule has 1 unspecified atom stereocenters. The molecule has 0 amide bonds. The van der Waals surface area contributed by atoms with Gasteiger partial charge in [0.15, 0.2) is 0 Å². The summed E-state index contributed by atoms with van der Waals surface area (Å²) in [5.41, 5.74) is 2.04. The minimum Gasteiger partial charge on any atom is -0.306 e. The Balaban J connectivity index is 2.41. The van der Waals surface area contributed by atoms with Crippen molar-refractivity contribution in [3.63, 3.8) is 0 Å². The summed E-state index contributed by atoms with van der Waals surface area (Å²) in [5.74, 6) is -0.209. The molecule has 0 aliphatic heterocycles. The van der Waals surface area contributed by atoms with Gasteiger partial charge in [-0.3, -0.25) is 0 Å². The van der Waals surface area contributed by atoms with Crippen LogP contribution in [0.2, 0.25) is 0 Å². The first-order chi connectivity index (χ1) is 9.61. The average Bonchev–Trinajstić information content (AvgIpc) is 2.41. The van der Waals surface area contributed by atoms with Gasteiger partial charge >= 0.3 is 0 Å². The van der Waals surface area contributed by atoms with Gasteiger partial charge in [-0.15, -0.1) is 0 Å². The van der Waals surface area contributed by atoms with Crippen LogP contribution in [0.4, 0.5) is 4.39 Å². The highest BCUT2D eigenvalue weighted by molar-refractivity contribution is 9.11. The first-order valence-electron chi connectivity index (χ1n) is 6.55. The third-order valence-corrected chi connectivity index (χ3v) is 4.23. The number of halogens is 3. The monoisotopic (exact) mass is 399 g/mol. The lowest BCUT2D eigenvalue weighted by molar-refractivity contribution is 0.584. The Morgan fingerprint density at radius 1 is 1.15 bits per heavy atom. The van der Waals surface area contributed by atoms with E-state index in [4.69, 9.17) is 0 Å². The van der Waals surface area contributed by atoms with E-state index >= 15 is 0 Å². The lowest BCUT2D eigenvalue weighted by Gasteiger charge is -2.21. The summed E-state index contributed by atoms with van der Waals surface area (Å²) in [7, 11) is 0. The molecule has 106 valence electrons. The summed E-state index contributed by atoms with van der Waals surface area (Å²) in [6.45, 7) is 3.00. The van der Waals surface area contributed by atoms with Gasteiger partial charge in [-0.1, -0.05) is 57.0 Å². The van der Waals surface area contributed by atoms with Crippen LogP contribution >= 0.6 is 31.9 Å². The van der Waals surface area contributed by atoms with Crippen LogP contribution in [0.3, 0.4) is 0 Å². The minimum atomic E-state index is -0.209. The standard InChI is InChI=1S/C16H16Br2FN/c1-2-8-20-16(11-4-3-5-13(19)9-11)14-7-6-12(17)10-15(14)18/h3-7,9-10,16,20H,2,8H2,1H3. The Kier molecular flexibility index (Phi) is 5.75. The van der Waals surface area contributed by atoms with Crippen LogP contribution in [0.25, 0.3) is 0 Å². The lowest BCUT2D eigenvalue weighted by atomic mass is 9.98. The first-order valence-corrected chi connectivity index (χ1v) is 8.14. The quantitative estimate of drug-likeness (QED) is 0.704. The van der Waals surface area contributed by atoms with Crippen LogP contribution in [-0.2, 0) is 0 Å². The van der Waals surface area contributed by atoms with Gasteiger partial charge in [0.25, 0.3) is 0 Å². The maximum absolute atomic E-state index is 13.5. The van der Waals surface area contributed by atoms with Gasteiger partial charge in [0.1, 0.15) is 5.82 Å². The van der Waals surface area contributed by atoms with Gasteiger partial charge in [0.2, 0.25) is 0 Å². The van der Waals surface area contributed by atoms with E-state index in [1.807, 2.05) is 24.3 Å². The second kappa shape index (κ2) is 7.34. The molecule has 2 aromatic rings. The summed E-state index contributed by atoms with van der Waals surface area (Å²) >= 11 is 7.05. The molecular weight excluding hydrogens is 385 g/mol. The van der Waals surface area contributed by atoms with Crippen molar-refractivity contribution >= 4 is 31.9 Å². The predicted molar refractivity (Wildman–Crippen MR) is 88.4 cm³/mol. The van der Waals surface area contributed by atoms with Crippen molar-refractivity contribution in [3.05, 3.63) is 68.4 Å². The third-order valence-electron chi connectivity index (χ3n) is 3.05. The van der Waals surface area contributed by atoms with Crippen molar-refractivity contribution in [2.45, 2.75) is 19.4 Å². The van der Waals surface area contributed by atoms with Gasteiger partial charge < -0.3 is 5.32 Å². The Bertz CT molecular complexity index is 586. The molecule has 1 nitrogen and oxygen atoms in total. The number of hydrogen-bond acceptors (Lipinski definition) is 1. The molecule has 0 bridgehead atoms. The number of rotatable bonds is 5. The zero-order valence-electron chi connectivity index (χ0n) is 11.2. The smallest absolute Gasteiger partial charge is 0.123 e. The first kappa shape index (κ1) is 15.7. The van der Waals surface area contributed by atoms with Crippen molar-refractivity contribution in [1.82, 2.24) is 5.32 Å². The lowest BCUT2D eigenvalue weighted by Crippen LogP contribution is -2.23. The summed E-state index contributed by atoms with van der Waals surface area (Å²) in [6, 6.07) is 12.8. The average molecular weight is 401 g/mol. The van der Waals surface area contributed by atoms with Crippen molar-refractivity contribution in [2.24, 2.45) is 0 Å². The van der Waals surface area contributed by atoms with Crippen LogP contribution in [0, 0.1) is 5.82 Å². The fourth-order valence-electron chi connectivity index (χ4n) is 2.12. The van der Waals surface area contributed by atoms with E-state index < -0.39 is 0 Å². The van der Waals surface area contributed by atoms with Crippen molar-refractivity contribution in [3.8, 4) is 0 Å². The molecule has 0 heterocycles. The molecule has 1 N–H and O–H groups in total. The van der Waals surface area contributed by atoms with Crippen LogP contribution in [0.1, 0.15) is 30.5 Å². The van der Waals surface area contributed by atoms with Crippen LogP contribution < -0.4 is 5.32 Å². The number of hydrogen-bond donors (Lipinski definition) is 1. The molecule has 0 aliphatic carbocycles. The van der Waals surface area contributed by atoms with Crippen molar-refractivity contribution < 1.29 is 4.39 Å². The molecular formula is C16H16Br2FN. The molecule has 0 radical (unpaired) electrons. The highest BCUT2D eigenvalue weighted by Gasteiger charge is 2.16. The topological polar surface area (TPSA) is 12.0 Å². The second-order valence-corrected chi connectivity index (χ2v) is 6.38. The van der Waals surface area contributed by atoms with E-state index in [1.54, 1.807) is 12.1 Å². The van der Waals surface area contributed by atoms with Crippen LogP contribution in [0.15, 0.2) is 51.4 Å².